The number of nitrogens with zero attached hydrogens (tertiary/aromatic N) is 1. The zero-order valence-electron chi connectivity index (χ0n) is 7.15. The van der Waals surface area contributed by atoms with Gasteiger partial charge in [0.05, 0.1) is 5.69 Å². The van der Waals surface area contributed by atoms with E-state index in [1.807, 2.05) is 5.38 Å². The van der Waals surface area contributed by atoms with Crippen LogP contribution in [0.5, 0.6) is 0 Å². The molecule has 2 aromatic heterocycles. The number of rotatable bonds is 2. The average molecular weight is 208 g/mol. The maximum Gasteiger partial charge on any atom is 0.265 e. The molecule has 14 heavy (non-hydrogen) atoms. The van der Waals surface area contributed by atoms with Gasteiger partial charge in [-0.2, -0.15) is 0 Å². The molecule has 72 valence electrons. The summed E-state index contributed by atoms with van der Waals surface area (Å²) in [5.41, 5.74) is 12.5. The van der Waals surface area contributed by atoms with Crippen molar-refractivity contribution in [2.75, 3.05) is 5.73 Å². The number of anilines is 1. The minimum Gasteiger partial charge on any atom is -0.375 e. The van der Waals surface area contributed by atoms with Gasteiger partial charge in [-0.05, 0) is 6.07 Å². The first kappa shape index (κ1) is 8.76. The molecule has 0 saturated heterocycles. The van der Waals surface area contributed by atoms with Gasteiger partial charge in [0.2, 0.25) is 0 Å². The van der Waals surface area contributed by atoms with Gasteiger partial charge in [0.15, 0.2) is 5.13 Å². The summed E-state index contributed by atoms with van der Waals surface area (Å²) in [4.78, 5) is 17.6. The Morgan fingerprint density at radius 2 is 2.36 bits per heavy atom. The molecular weight excluding hydrogens is 200 g/mol. The number of nitrogens with one attached hydrogen (secondary N) is 1. The highest BCUT2D eigenvalue weighted by molar-refractivity contribution is 7.13. The van der Waals surface area contributed by atoms with Crippen LogP contribution < -0.4 is 11.5 Å². The third-order valence-corrected chi connectivity index (χ3v) is 2.44. The van der Waals surface area contributed by atoms with Crippen molar-refractivity contribution in [1.82, 2.24) is 9.97 Å². The maximum atomic E-state index is 10.8. The van der Waals surface area contributed by atoms with Crippen molar-refractivity contribution in [3.05, 3.63) is 23.3 Å². The number of aromatic amines is 1. The molecule has 6 heteroatoms. The number of primary amides is 1. The SMILES string of the molecule is NC(=O)c1cc(-c2csc(N)n2)c[nH]1. The van der Waals surface area contributed by atoms with E-state index in [2.05, 4.69) is 9.97 Å². The molecular formula is C8H8N4OS. The summed E-state index contributed by atoms with van der Waals surface area (Å²) < 4.78 is 0. The van der Waals surface area contributed by atoms with Crippen molar-refractivity contribution >= 4 is 22.4 Å². The standard InChI is InChI=1S/C8H8N4OS/c9-7(13)5-1-4(2-11-5)6-3-14-8(10)12-6/h1-3,11H,(H2,9,13)(H2,10,12). The van der Waals surface area contributed by atoms with Crippen molar-refractivity contribution in [3.8, 4) is 11.3 Å². The van der Waals surface area contributed by atoms with Crippen molar-refractivity contribution in [2.45, 2.75) is 0 Å². The summed E-state index contributed by atoms with van der Waals surface area (Å²) >= 11 is 1.35. The van der Waals surface area contributed by atoms with E-state index in [4.69, 9.17) is 11.5 Å². The molecule has 2 heterocycles. The monoisotopic (exact) mass is 208 g/mol. The number of nitrogen functional groups attached to an aromatic ring is 1. The first-order valence-electron chi connectivity index (χ1n) is 3.86. The molecule has 2 rings (SSSR count). The highest BCUT2D eigenvalue weighted by Gasteiger charge is 2.07. The van der Waals surface area contributed by atoms with E-state index >= 15 is 0 Å². The highest BCUT2D eigenvalue weighted by Crippen LogP contribution is 2.23. The van der Waals surface area contributed by atoms with Gasteiger partial charge in [-0.25, -0.2) is 4.98 Å². The largest absolute Gasteiger partial charge is 0.375 e. The van der Waals surface area contributed by atoms with E-state index in [1.165, 1.54) is 11.3 Å². The van der Waals surface area contributed by atoms with Crippen LogP contribution in [0.15, 0.2) is 17.6 Å². The third kappa shape index (κ3) is 1.47. The van der Waals surface area contributed by atoms with E-state index in [1.54, 1.807) is 12.3 Å². The van der Waals surface area contributed by atoms with Crippen LogP contribution in [0.2, 0.25) is 0 Å². The fourth-order valence-electron chi connectivity index (χ4n) is 1.10. The Bertz CT molecular complexity index is 473. The molecule has 1 amide bonds. The van der Waals surface area contributed by atoms with Crippen LogP contribution >= 0.6 is 11.3 Å². The van der Waals surface area contributed by atoms with Gasteiger partial charge < -0.3 is 16.5 Å². The first-order valence-corrected chi connectivity index (χ1v) is 4.74. The van der Waals surface area contributed by atoms with Crippen molar-refractivity contribution < 1.29 is 4.79 Å². The molecule has 0 unspecified atom stereocenters. The number of hydrogen-bond acceptors (Lipinski definition) is 4. The van der Waals surface area contributed by atoms with Gasteiger partial charge >= 0.3 is 0 Å². The predicted octanol–water partition coefficient (Wildman–Crippen LogP) is 0.819. The van der Waals surface area contributed by atoms with Crippen LogP contribution in [0.1, 0.15) is 10.5 Å². The zero-order chi connectivity index (χ0) is 10.1. The van der Waals surface area contributed by atoms with Gasteiger partial charge in [-0.1, -0.05) is 0 Å². The van der Waals surface area contributed by atoms with Crippen molar-refractivity contribution in [2.24, 2.45) is 5.73 Å². The number of nitrogens with two attached hydrogens (primary N) is 2. The third-order valence-electron chi connectivity index (χ3n) is 1.77. The van der Waals surface area contributed by atoms with Crippen LogP contribution in [0, 0.1) is 0 Å². The topological polar surface area (TPSA) is 97.8 Å². The van der Waals surface area contributed by atoms with Gasteiger partial charge in [-0.3, -0.25) is 4.79 Å². The molecule has 5 nitrogen and oxygen atoms in total. The van der Waals surface area contributed by atoms with E-state index in [-0.39, 0.29) is 0 Å². The molecule has 0 radical (unpaired) electrons. The van der Waals surface area contributed by atoms with Gasteiger partial charge in [-0.15, -0.1) is 11.3 Å². The molecule has 0 aromatic carbocycles. The fourth-order valence-corrected chi connectivity index (χ4v) is 1.68. The molecule has 0 aliphatic carbocycles. The van der Waals surface area contributed by atoms with Crippen molar-refractivity contribution in [1.29, 1.82) is 0 Å². The number of carbonyl (C=O) groups is 1. The fraction of sp³-hybridized carbons (Fsp3) is 0. The second-order valence-corrected chi connectivity index (χ2v) is 3.63. The van der Waals surface area contributed by atoms with Crippen LogP contribution in [-0.4, -0.2) is 15.9 Å². The van der Waals surface area contributed by atoms with Crippen LogP contribution in [0.25, 0.3) is 11.3 Å². The number of hydrogen-bond donors (Lipinski definition) is 3. The minimum atomic E-state index is -0.487. The molecule has 0 fully saturated rings. The lowest BCUT2D eigenvalue weighted by atomic mass is 10.2. The van der Waals surface area contributed by atoms with Gasteiger partial charge in [0.1, 0.15) is 5.69 Å². The van der Waals surface area contributed by atoms with E-state index in [0.29, 0.717) is 10.8 Å². The molecule has 0 saturated carbocycles. The Morgan fingerprint density at radius 1 is 1.57 bits per heavy atom. The van der Waals surface area contributed by atoms with Gasteiger partial charge in [0, 0.05) is 17.1 Å². The normalized spacial score (nSPS) is 10.3. The van der Waals surface area contributed by atoms with Gasteiger partial charge in [0.25, 0.3) is 5.91 Å². The lowest BCUT2D eigenvalue weighted by molar-refractivity contribution is 0.0996. The lowest BCUT2D eigenvalue weighted by Gasteiger charge is -1.86. The molecule has 0 atom stereocenters. The van der Waals surface area contributed by atoms with Crippen LogP contribution in [-0.2, 0) is 0 Å². The highest BCUT2D eigenvalue weighted by atomic mass is 32.1. The summed E-state index contributed by atoms with van der Waals surface area (Å²) in [6.45, 7) is 0. The van der Waals surface area contributed by atoms with Crippen LogP contribution in [0.4, 0.5) is 5.13 Å². The Kier molecular flexibility index (Phi) is 1.97. The number of thiazole rings is 1. The summed E-state index contributed by atoms with van der Waals surface area (Å²) in [6, 6.07) is 1.65. The van der Waals surface area contributed by atoms with E-state index < -0.39 is 5.91 Å². The summed E-state index contributed by atoms with van der Waals surface area (Å²) in [5.74, 6) is -0.487. The lowest BCUT2D eigenvalue weighted by Crippen LogP contribution is -2.10. The summed E-state index contributed by atoms with van der Waals surface area (Å²) in [6.07, 6.45) is 1.68. The van der Waals surface area contributed by atoms with Crippen LogP contribution in [0.3, 0.4) is 0 Å². The maximum absolute atomic E-state index is 10.8. The second-order valence-electron chi connectivity index (χ2n) is 2.74. The quantitative estimate of drug-likeness (QED) is 0.681. The van der Waals surface area contributed by atoms with E-state index in [9.17, 15) is 4.79 Å². The smallest absolute Gasteiger partial charge is 0.265 e. The Hall–Kier alpha value is -1.82. The minimum absolute atomic E-state index is 0.367. The molecule has 5 N–H and O–H groups in total. The molecule has 0 spiro atoms. The predicted molar refractivity (Wildman–Crippen MR) is 54.8 cm³/mol. The summed E-state index contributed by atoms with van der Waals surface area (Å²) in [5, 5.41) is 2.32. The molecule has 0 bridgehead atoms. The number of amides is 1. The van der Waals surface area contributed by atoms with E-state index in [0.717, 1.165) is 11.3 Å². The second kappa shape index (κ2) is 3.15. The average Bonchev–Trinajstić information content (AvgIpc) is 2.70. The summed E-state index contributed by atoms with van der Waals surface area (Å²) in [7, 11) is 0. The zero-order valence-corrected chi connectivity index (χ0v) is 7.97. The number of H-pyrrole nitrogens is 1. The number of carbonyl (C=O) groups excluding carboxylic acids is 1. The molecule has 0 aliphatic rings. The first-order chi connectivity index (χ1) is 6.66. The van der Waals surface area contributed by atoms with Crippen molar-refractivity contribution in [3.63, 3.8) is 0 Å². The Balaban J connectivity index is 2.38. The Morgan fingerprint density at radius 3 is 2.86 bits per heavy atom. The molecule has 0 aliphatic heterocycles. The molecule has 2 aromatic rings. The number of aromatic nitrogens is 2. The Labute approximate surface area is 83.8 Å².